The van der Waals surface area contributed by atoms with Gasteiger partial charge in [-0.3, -0.25) is 19.6 Å². The monoisotopic (exact) mass is 865 g/mol. The van der Waals surface area contributed by atoms with E-state index in [0.29, 0.717) is 149 Å². The first-order valence-electron chi connectivity index (χ1n) is 20.7. The molecule has 1 atom stereocenters. The van der Waals surface area contributed by atoms with Crippen LogP contribution >= 0.6 is 0 Å². The van der Waals surface area contributed by atoms with E-state index >= 15 is 0 Å². The Kier molecular flexibility index (Phi) is 18.6. The lowest BCUT2D eigenvalue weighted by Crippen LogP contribution is -2.51. The number of terminal acetylenes is 1. The number of nitrogens with zero attached hydrogens (tertiary/aromatic N) is 15. The normalized spacial score (nSPS) is 14.6. The molecule has 2 amide bonds. The number of aromatic nitrogens is 9. The molecule has 25 heteroatoms. The van der Waals surface area contributed by atoms with Gasteiger partial charge in [-0.15, -0.1) is 16.6 Å². The Morgan fingerprint density at radius 3 is 1.90 bits per heavy atom. The topological polar surface area (TPSA) is 316 Å². The minimum absolute atomic E-state index is 0.0501. The molecule has 2 aliphatic heterocycles. The molecule has 338 valence electrons. The molecule has 3 aromatic heterocycles. The van der Waals surface area contributed by atoms with Crippen LogP contribution in [0.1, 0.15) is 37.2 Å². The molecule has 2 fully saturated rings. The summed E-state index contributed by atoms with van der Waals surface area (Å²) in [5.74, 6) is 3.76. The van der Waals surface area contributed by atoms with E-state index in [1.807, 2.05) is 21.6 Å². The van der Waals surface area contributed by atoms with E-state index < -0.39 is 6.04 Å². The summed E-state index contributed by atoms with van der Waals surface area (Å²) >= 11 is 0. The lowest BCUT2D eigenvalue weighted by Gasteiger charge is -2.37. The standard InChI is InChI=1S/C37H60N20O5/c1-3-19-60-21-23-62-24-22-61-20-10-44-35-45-36(54-15-11-52(12-16-54)31(58)27-56-25-29(48-50-56)6-4-8-42-33(38)39)47-37(46-35)55-17-13-53(14-18-55)32(59)28(2)57-26-30(49-51-57)7-5-9-43-34(40)41/h1,25-26,28H,4-24,27H2,2H3,(H4,38,39,42)(H4,40,41,43)(H,44,45,46,47). The van der Waals surface area contributed by atoms with Gasteiger partial charge in [-0.25, -0.2) is 9.36 Å². The fourth-order valence-corrected chi connectivity index (χ4v) is 6.50. The van der Waals surface area contributed by atoms with Gasteiger partial charge in [-0.2, -0.15) is 15.0 Å². The van der Waals surface area contributed by atoms with Gasteiger partial charge in [-0.1, -0.05) is 16.3 Å². The van der Waals surface area contributed by atoms with Crippen LogP contribution in [0.15, 0.2) is 22.4 Å². The van der Waals surface area contributed by atoms with Gasteiger partial charge in [0.05, 0.1) is 44.4 Å². The largest absolute Gasteiger partial charge is 0.377 e. The van der Waals surface area contributed by atoms with Crippen LogP contribution in [0.3, 0.4) is 0 Å². The molecule has 0 aromatic carbocycles. The summed E-state index contributed by atoms with van der Waals surface area (Å²) in [5, 5.41) is 20.0. The van der Waals surface area contributed by atoms with Crippen molar-refractivity contribution in [2.75, 3.05) is 127 Å². The summed E-state index contributed by atoms with van der Waals surface area (Å²) in [6, 6.07) is -0.533. The van der Waals surface area contributed by atoms with Crippen molar-refractivity contribution in [3.63, 3.8) is 0 Å². The fourth-order valence-electron chi connectivity index (χ4n) is 6.50. The second-order valence-corrected chi connectivity index (χ2v) is 14.4. The Bertz CT molecular complexity index is 1940. The molecular weight excluding hydrogens is 805 g/mol. The summed E-state index contributed by atoms with van der Waals surface area (Å²) in [7, 11) is 0. The van der Waals surface area contributed by atoms with E-state index in [4.69, 9.17) is 58.5 Å². The minimum atomic E-state index is -0.533. The van der Waals surface area contributed by atoms with Gasteiger partial charge in [0, 0.05) is 84.4 Å². The SMILES string of the molecule is C#CCOCCOCCOCCNc1nc(N2CCN(C(=O)Cn3cc(CCCN=C(N)N)nn3)CC2)nc(N2CCN(C(=O)C(C)n3cc(CCCN=C(N)N)nn3)CC2)n1. The van der Waals surface area contributed by atoms with Gasteiger partial charge in [0.1, 0.15) is 19.2 Å². The predicted molar refractivity (Wildman–Crippen MR) is 230 cm³/mol. The van der Waals surface area contributed by atoms with Gasteiger partial charge in [0.2, 0.25) is 29.7 Å². The van der Waals surface area contributed by atoms with E-state index in [2.05, 4.69) is 41.8 Å². The number of guanidine groups is 2. The number of nitrogens with two attached hydrogens (primary N) is 4. The number of nitrogens with one attached hydrogen (secondary N) is 1. The lowest BCUT2D eigenvalue weighted by atomic mass is 10.2. The number of aliphatic imine (C=N–C) groups is 2. The number of aryl methyl sites for hydroxylation is 2. The number of rotatable bonds is 25. The van der Waals surface area contributed by atoms with Crippen molar-refractivity contribution in [2.45, 2.75) is 45.2 Å². The highest BCUT2D eigenvalue weighted by molar-refractivity contribution is 5.80. The molecular formula is C37H60N20O5. The molecule has 3 aromatic rings. The van der Waals surface area contributed by atoms with Gasteiger partial charge >= 0.3 is 0 Å². The van der Waals surface area contributed by atoms with E-state index in [-0.39, 0.29) is 36.9 Å². The number of hydrogen-bond donors (Lipinski definition) is 5. The molecule has 5 rings (SSSR count). The second-order valence-electron chi connectivity index (χ2n) is 14.4. The molecule has 2 aliphatic rings. The summed E-state index contributed by atoms with van der Waals surface area (Å²) in [5.41, 5.74) is 23.1. The molecule has 25 nitrogen and oxygen atoms in total. The first-order valence-corrected chi connectivity index (χ1v) is 20.7. The predicted octanol–water partition coefficient (Wildman–Crippen LogP) is -3.18. The maximum absolute atomic E-state index is 13.6. The Balaban J connectivity index is 1.15. The molecule has 5 heterocycles. The zero-order valence-electron chi connectivity index (χ0n) is 35.4. The average molecular weight is 865 g/mol. The second kappa shape index (κ2) is 24.8. The maximum Gasteiger partial charge on any atom is 0.247 e. The van der Waals surface area contributed by atoms with Crippen LogP contribution in [0.25, 0.3) is 0 Å². The first-order chi connectivity index (χ1) is 30.1. The Morgan fingerprint density at radius 2 is 1.31 bits per heavy atom. The number of carbonyl (C=O) groups excluding carboxylic acids is 2. The highest BCUT2D eigenvalue weighted by atomic mass is 16.5. The van der Waals surface area contributed by atoms with E-state index in [1.165, 1.54) is 0 Å². The van der Waals surface area contributed by atoms with Crippen molar-refractivity contribution in [1.29, 1.82) is 0 Å². The summed E-state index contributed by atoms with van der Waals surface area (Å²) in [4.78, 5) is 56.9. The van der Waals surface area contributed by atoms with Crippen LogP contribution in [-0.2, 0) is 43.2 Å². The van der Waals surface area contributed by atoms with E-state index in [1.54, 1.807) is 26.7 Å². The number of anilines is 3. The van der Waals surface area contributed by atoms with Gasteiger partial charge < -0.3 is 62.1 Å². The molecule has 0 saturated carbocycles. The van der Waals surface area contributed by atoms with Crippen molar-refractivity contribution < 1.29 is 23.8 Å². The van der Waals surface area contributed by atoms with E-state index in [9.17, 15) is 9.59 Å². The van der Waals surface area contributed by atoms with Crippen molar-refractivity contribution in [2.24, 2.45) is 32.9 Å². The number of piperazine rings is 2. The lowest BCUT2D eigenvalue weighted by molar-refractivity contribution is -0.135. The highest BCUT2D eigenvalue weighted by Gasteiger charge is 2.29. The first kappa shape index (κ1) is 46.7. The zero-order chi connectivity index (χ0) is 44.1. The number of ether oxygens (including phenoxy) is 3. The molecule has 0 spiro atoms. The van der Waals surface area contributed by atoms with Crippen LogP contribution in [0.2, 0.25) is 0 Å². The molecule has 9 N–H and O–H groups in total. The summed E-state index contributed by atoms with van der Waals surface area (Å²) in [6.45, 7) is 9.56. The van der Waals surface area contributed by atoms with Gasteiger partial charge in [0.25, 0.3) is 0 Å². The van der Waals surface area contributed by atoms with Crippen molar-refractivity contribution in [3.05, 3.63) is 23.8 Å². The van der Waals surface area contributed by atoms with Gasteiger partial charge in [0.15, 0.2) is 11.9 Å². The third-order valence-corrected chi connectivity index (χ3v) is 9.83. The Hall–Kier alpha value is -6.39. The van der Waals surface area contributed by atoms with Crippen LogP contribution in [-0.4, -0.2) is 190 Å². The number of hydrogen-bond acceptors (Lipinski definition) is 17. The van der Waals surface area contributed by atoms with Crippen LogP contribution in [0, 0.1) is 12.3 Å². The molecule has 0 radical (unpaired) electrons. The molecule has 2 saturated heterocycles. The van der Waals surface area contributed by atoms with Crippen molar-refractivity contribution in [1.82, 2.24) is 54.7 Å². The van der Waals surface area contributed by atoms with Crippen molar-refractivity contribution in [3.8, 4) is 12.3 Å². The molecule has 0 bridgehead atoms. The minimum Gasteiger partial charge on any atom is -0.377 e. The van der Waals surface area contributed by atoms with Crippen LogP contribution < -0.4 is 38.1 Å². The summed E-state index contributed by atoms with van der Waals surface area (Å²) in [6.07, 6.45) is 11.4. The van der Waals surface area contributed by atoms with Crippen LogP contribution in [0.5, 0.6) is 0 Å². The van der Waals surface area contributed by atoms with E-state index in [0.717, 1.165) is 11.4 Å². The number of amides is 2. The fraction of sp³-hybridized carbons (Fsp3) is 0.649. The molecule has 1 unspecified atom stereocenters. The Morgan fingerprint density at radius 1 is 0.758 bits per heavy atom. The zero-order valence-corrected chi connectivity index (χ0v) is 35.4. The molecule has 0 aliphatic carbocycles. The smallest absolute Gasteiger partial charge is 0.247 e. The van der Waals surface area contributed by atoms with Crippen molar-refractivity contribution >= 4 is 41.6 Å². The molecule has 62 heavy (non-hydrogen) atoms. The average Bonchev–Trinajstić information content (AvgIpc) is 3.95. The quantitative estimate of drug-likeness (QED) is 0.0243. The summed E-state index contributed by atoms with van der Waals surface area (Å²) < 4.78 is 19.6. The highest BCUT2D eigenvalue weighted by Crippen LogP contribution is 2.21. The van der Waals surface area contributed by atoms with Crippen LogP contribution in [0.4, 0.5) is 17.8 Å². The third kappa shape index (κ3) is 15.3. The third-order valence-electron chi connectivity index (χ3n) is 9.83. The number of carbonyl (C=O) groups is 2. The Labute approximate surface area is 360 Å². The van der Waals surface area contributed by atoms with Gasteiger partial charge in [-0.05, 0) is 32.6 Å². The maximum atomic E-state index is 13.6.